The van der Waals surface area contributed by atoms with Gasteiger partial charge in [0.05, 0.1) is 23.5 Å². The van der Waals surface area contributed by atoms with E-state index in [1.54, 1.807) is 12.5 Å². The van der Waals surface area contributed by atoms with Gasteiger partial charge >= 0.3 is 0 Å². The Kier molecular flexibility index (Phi) is 2.93. The van der Waals surface area contributed by atoms with Crippen molar-refractivity contribution in [2.45, 2.75) is 6.92 Å². The first-order valence-electron chi connectivity index (χ1n) is 6.97. The summed E-state index contributed by atoms with van der Waals surface area (Å²) in [5.41, 5.74) is 1.27. The molecule has 0 atom stereocenters. The molecule has 0 fully saturated rings. The fraction of sp³-hybridized carbons (Fsp3) is 0.125. The Morgan fingerprint density at radius 3 is 2.50 bits per heavy atom. The zero-order valence-electron chi connectivity index (χ0n) is 11.9. The molecule has 6 nitrogen and oxygen atoms in total. The molecule has 4 aromatic rings. The third-order valence-electron chi connectivity index (χ3n) is 3.35. The van der Waals surface area contributed by atoms with E-state index < -0.39 is 0 Å². The lowest BCUT2D eigenvalue weighted by molar-refractivity contribution is 0.536. The monoisotopic (exact) mass is 295 g/mol. The SMILES string of the molecule is CCNc1ncnc2oc(-c3ccco3)c(-c3ccco3)c12. The van der Waals surface area contributed by atoms with Gasteiger partial charge in [-0.15, -0.1) is 0 Å². The van der Waals surface area contributed by atoms with Crippen LogP contribution in [0.15, 0.2) is 56.4 Å². The van der Waals surface area contributed by atoms with E-state index in [4.69, 9.17) is 13.3 Å². The highest BCUT2D eigenvalue weighted by Crippen LogP contribution is 2.42. The van der Waals surface area contributed by atoms with Gasteiger partial charge in [0.25, 0.3) is 0 Å². The molecule has 0 saturated carbocycles. The average molecular weight is 295 g/mol. The number of rotatable bonds is 4. The van der Waals surface area contributed by atoms with Crippen molar-refractivity contribution >= 4 is 16.9 Å². The Hall–Kier alpha value is -3.02. The maximum absolute atomic E-state index is 5.91. The molecular formula is C16H13N3O3. The lowest BCUT2D eigenvalue weighted by Crippen LogP contribution is -2.00. The van der Waals surface area contributed by atoms with Crippen LogP contribution in [0, 0.1) is 0 Å². The summed E-state index contributed by atoms with van der Waals surface area (Å²) in [5, 5.41) is 4.01. The Morgan fingerprint density at radius 1 is 1.05 bits per heavy atom. The Balaban J connectivity index is 2.08. The molecule has 0 aliphatic carbocycles. The number of aromatic nitrogens is 2. The fourth-order valence-corrected chi connectivity index (χ4v) is 2.47. The minimum Gasteiger partial charge on any atom is -0.464 e. The van der Waals surface area contributed by atoms with Crippen molar-refractivity contribution in [3.05, 3.63) is 43.1 Å². The first kappa shape index (κ1) is 12.7. The van der Waals surface area contributed by atoms with Crippen molar-refractivity contribution in [3.8, 4) is 22.8 Å². The molecule has 4 heterocycles. The van der Waals surface area contributed by atoms with Crippen molar-refractivity contribution in [2.75, 3.05) is 11.9 Å². The van der Waals surface area contributed by atoms with Crippen LogP contribution in [-0.2, 0) is 0 Å². The zero-order chi connectivity index (χ0) is 14.9. The van der Waals surface area contributed by atoms with Crippen LogP contribution in [-0.4, -0.2) is 16.5 Å². The Labute approximate surface area is 125 Å². The van der Waals surface area contributed by atoms with Gasteiger partial charge in [0, 0.05) is 6.54 Å². The van der Waals surface area contributed by atoms with Gasteiger partial charge in [-0.25, -0.2) is 9.97 Å². The summed E-state index contributed by atoms with van der Waals surface area (Å²) in [6, 6.07) is 7.35. The Bertz CT molecular complexity index is 892. The van der Waals surface area contributed by atoms with Crippen LogP contribution in [0.2, 0.25) is 0 Å². The number of anilines is 1. The molecule has 4 aromatic heterocycles. The smallest absolute Gasteiger partial charge is 0.232 e. The second kappa shape index (κ2) is 5.07. The highest BCUT2D eigenvalue weighted by molar-refractivity contribution is 6.04. The summed E-state index contributed by atoms with van der Waals surface area (Å²) < 4.78 is 17.0. The standard InChI is InChI=1S/C16H13N3O3/c1-2-17-15-13-12(10-5-3-7-20-10)14(11-6-4-8-21-11)22-16(13)19-9-18-15/h3-9H,2H2,1H3,(H,17,18,19). The summed E-state index contributed by atoms with van der Waals surface area (Å²) in [5.74, 6) is 2.58. The topological polar surface area (TPSA) is 77.2 Å². The van der Waals surface area contributed by atoms with Gasteiger partial charge < -0.3 is 18.6 Å². The van der Waals surface area contributed by atoms with E-state index in [0.29, 0.717) is 28.8 Å². The third-order valence-corrected chi connectivity index (χ3v) is 3.35. The normalized spacial score (nSPS) is 11.1. The molecule has 0 amide bonds. The van der Waals surface area contributed by atoms with Crippen molar-refractivity contribution < 1.29 is 13.3 Å². The number of hydrogen-bond acceptors (Lipinski definition) is 6. The third kappa shape index (κ3) is 1.88. The van der Waals surface area contributed by atoms with Crippen LogP contribution in [0.3, 0.4) is 0 Å². The van der Waals surface area contributed by atoms with E-state index in [1.807, 2.05) is 31.2 Å². The molecule has 0 aromatic carbocycles. The zero-order valence-corrected chi connectivity index (χ0v) is 11.9. The molecular weight excluding hydrogens is 282 g/mol. The van der Waals surface area contributed by atoms with Gasteiger partial charge in [-0.3, -0.25) is 0 Å². The van der Waals surface area contributed by atoms with Gasteiger partial charge in [0.15, 0.2) is 11.5 Å². The minimum absolute atomic E-state index is 0.490. The summed E-state index contributed by atoms with van der Waals surface area (Å²) >= 11 is 0. The van der Waals surface area contributed by atoms with Crippen molar-refractivity contribution in [1.29, 1.82) is 0 Å². The van der Waals surface area contributed by atoms with Crippen molar-refractivity contribution in [1.82, 2.24) is 9.97 Å². The molecule has 0 spiro atoms. The lowest BCUT2D eigenvalue weighted by Gasteiger charge is -2.03. The van der Waals surface area contributed by atoms with Gasteiger partial charge in [0.2, 0.25) is 5.71 Å². The van der Waals surface area contributed by atoms with E-state index in [9.17, 15) is 0 Å². The number of hydrogen-bond donors (Lipinski definition) is 1. The molecule has 6 heteroatoms. The largest absolute Gasteiger partial charge is 0.464 e. The number of nitrogens with one attached hydrogen (secondary N) is 1. The first-order valence-corrected chi connectivity index (χ1v) is 6.97. The van der Waals surface area contributed by atoms with Crippen LogP contribution in [0.1, 0.15) is 6.92 Å². The average Bonchev–Trinajstić information content (AvgIpc) is 3.27. The highest BCUT2D eigenvalue weighted by Gasteiger charge is 2.24. The van der Waals surface area contributed by atoms with E-state index >= 15 is 0 Å². The van der Waals surface area contributed by atoms with Crippen LogP contribution in [0.4, 0.5) is 5.82 Å². The number of furan rings is 3. The highest BCUT2D eigenvalue weighted by atomic mass is 16.4. The fourth-order valence-electron chi connectivity index (χ4n) is 2.47. The van der Waals surface area contributed by atoms with E-state index in [2.05, 4.69) is 15.3 Å². The molecule has 1 N–H and O–H groups in total. The molecule has 0 bridgehead atoms. The molecule has 4 rings (SSSR count). The minimum atomic E-state index is 0.490. The summed E-state index contributed by atoms with van der Waals surface area (Å²) in [4.78, 5) is 8.53. The molecule has 110 valence electrons. The predicted octanol–water partition coefficient (Wildman–Crippen LogP) is 4.17. The molecule has 0 unspecified atom stereocenters. The second-order valence-corrected chi connectivity index (χ2v) is 4.69. The van der Waals surface area contributed by atoms with Gasteiger partial charge in [-0.05, 0) is 31.2 Å². The van der Waals surface area contributed by atoms with Gasteiger partial charge in [0.1, 0.15) is 17.9 Å². The second-order valence-electron chi connectivity index (χ2n) is 4.69. The summed E-state index contributed by atoms with van der Waals surface area (Å²) in [6.07, 6.45) is 4.70. The lowest BCUT2D eigenvalue weighted by atomic mass is 10.1. The maximum Gasteiger partial charge on any atom is 0.232 e. The van der Waals surface area contributed by atoms with E-state index in [0.717, 1.165) is 17.5 Å². The van der Waals surface area contributed by atoms with E-state index in [-0.39, 0.29) is 0 Å². The van der Waals surface area contributed by atoms with Crippen LogP contribution in [0.25, 0.3) is 33.9 Å². The van der Waals surface area contributed by atoms with E-state index in [1.165, 1.54) is 6.33 Å². The van der Waals surface area contributed by atoms with Crippen molar-refractivity contribution in [3.63, 3.8) is 0 Å². The predicted molar refractivity (Wildman–Crippen MR) is 81.4 cm³/mol. The quantitative estimate of drug-likeness (QED) is 0.608. The van der Waals surface area contributed by atoms with Gasteiger partial charge in [-0.1, -0.05) is 0 Å². The molecule has 0 aliphatic rings. The number of fused-ring (bicyclic) bond motifs is 1. The van der Waals surface area contributed by atoms with Crippen molar-refractivity contribution in [2.24, 2.45) is 0 Å². The molecule has 0 radical (unpaired) electrons. The van der Waals surface area contributed by atoms with Crippen LogP contribution in [0.5, 0.6) is 0 Å². The van der Waals surface area contributed by atoms with Crippen LogP contribution < -0.4 is 5.32 Å². The maximum atomic E-state index is 5.91. The molecule has 0 aliphatic heterocycles. The first-order chi connectivity index (χ1) is 10.9. The summed E-state index contributed by atoms with van der Waals surface area (Å²) in [7, 11) is 0. The Morgan fingerprint density at radius 2 is 1.82 bits per heavy atom. The van der Waals surface area contributed by atoms with Crippen LogP contribution >= 0.6 is 0 Å². The summed E-state index contributed by atoms with van der Waals surface area (Å²) in [6.45, 7) is 2.75. The van der Waals surface area contributed by atoms with Gasteiger partial charge in [-0.2, -0.15) is 0 Å². The molecule has 22 heavy (non-hydrogen) atoms. The molecule has 0 saturated heterocycles. The number of nitrogens with zero attached hydrogens (tertiary/aromatic N) is 2.